The van der Waals surface area contributed by atoms with E-state index in [1.807, 2.05) is 24.3 Å². The number of carbonyl (C=O) groups is 1. The molecule has 0 bridgehead atoms. The Labute approximate surface area is 129 Å². The lowest BCUT2D eigenvalue weighted by Gasteiger charge is -2.25. The Balaban J connectivity index is 1.67. The number of thioether (sulfide) groups is 1. The first-order valence-corrected chi connectivity index (χ1v) is 8.33. The summed E-state index contributed by atoms with van der Waals surface area (Å²) >= 11 is 7.50. The van der Waals surface area contributed by atoms with Crippen LogP contribution in [0.2, 0.25) is 5.02 Å². The number of aliphatic hydroxyl groups is 1. The van der Waals surface area contributed by atoms with E-state index in [2.05, 4.69) is 5.32 Å². The molecule has 0 heterocycles. The van der Waals surface area contributed by atoms with Crippen molar-refractivity contribution in [3.8, 4) is 0 Å². The van der Waals surface area contributed by atoms with Gasteiger partial charge in [-0.25, -0.2) is 0 Å². The van der Waals surface area contributed by atoms with Gasteiger partial charge >= 0.3 is 0 Å². The zero-order chi connectivity index (χ0) is 14.4. The number of carbonyl (C=O) groups excluding carboxylic acids is 1. The van der Waals surface area contributed by atoms with E-state index in [9.17, 15) is 9.90 Å². The smallest absolute Gasteiger partial charge is 0.230 e. The molecule has 0 radical (unpaired) electrons. The Bertz CT molecular complexity index is 447. The monoisotopic (exact) mass is 313 g/mol. The standard InChI is InChI=1S/C15H20ClNO2S/c16-13-3-1-2-4-14(13)20-10-15(19)17-9-11-5-7-12(18)8-6-11/h1-4,11-12,18H,5-10H2,(H,17,19). The van der Waals surface area contributed by atoms with Crippen molar-refractivity contribution >= 4 is 29.3 Å². The lowest BCUT2D eigenvalue weighted by atomic mass is 9.87. The van der Waals surface area contributed by atoms with Gasteiger partial charge in [-0.3, -0.25) is 4.79 Å². The second-order valence-electron chi connectivity index (χ2n) is 5.20. The van der Waals surface area contributed by atoms with Gasteiger partial charge in [-0.15, -0.1) is 11.8 Å². The number of rotatable bonds is 5. The Hall–Kier alpha value is -0.710. The van der Waals surface area contributed by atoms with Gasteiger partial charge in [0.15, 0.2) is 0 Å². The molecule has 1 amide bonds. The number of amides is 1. The first-order chi connectivity index (χ1) is 9.65. The summed E-state index contributed by atoms with van der Waals surface area (Å²) in [5.41, 5.74) is 0. The molecule has 0 spiro atoms. The number of aliphatic hydroxyl groups excluding tert-OH is 1. The maximum atomic E-state index is 11.8. The zero-order valence-corrected chi connectivity index (χ0v) is 12.9. The normalized spacial score (nSPS) is 22.5. The minimum atomic E-state index is -0.141. The Morgan fingerprint density at radius 2 is 2.00 bits per heavy atom. The summed E-state index contributed by atoms with van der Waals surface area (Å²) in [6.07, 6.45) is 3.57. The van der Waals surface area contributed by atoms with Gasteiger partial charge in [0.2, 0.25) is 5.91 Å². The third kappa shape index (κ3) is 5.00. The van der Waals surface area contributed by atoms with Crippen LogP contribution in [0.25, 0.3) is 0 Å². The van der Waals surface area contributed by atoms with Crippen LogP contribution in [0.5, 0.6) is 0 Å². The first-order valence-electron chi connectivity index (χ1n) is 6.97. The summed E-state index contributed by atoms with van der Waals surface area (Å²) in [5.74, 6) is 0.938. The van der Waals surface area contributed by atoms with E-state index in [0.717, 1.165) is 30.6 Å². The third-order valence-corrected chi connectivity index (χ3v) is 5.11. The summed E-state index contributed by atoms with van der Waals surface area (Å²) in [6.45, 7) is 0.717. The molecule has 5 heteroatoms. The molecule has 2 rings (SSSR count). The largest absolute Gasteiger partial charge is 0.393 e. The van der Waals surface area contributed by atoms with Crippen LogP contribution >= 0.6 is 23.4 Å². The van der Waals surface area contributed by atoms with Crippen LogP contribution < -0.4 is 5.32 Å². The van der Waals surface area contributed by atoms with E-state index >= 15 is 0 Å². The molecule has 2 N–H and O–H groups in total. The second-order valence-corrected chi connectivity index (χ2v) is 6.62. The highest BCUT2D eigenvalue weighted by atomic mass is 35.5. The molecule has 0 unspecified atom stereocenters. The SMILES string of the molecule is O=C(CSc1ccccc1Cl)NCC1CCC(O)CC1. The predicted molar refractivity (Wildman–Crippen MR) is 83.2 cm³/mol. The van der Waals surface area contributed by atoms with Crippen molar-refractivity contribution in [2.75, 3.05) is 12.3 Å². The topological polar surface area (TPSA) is 49.3 Å². The number of benzene rings is 1. The summed E-state index contributed by atoms with van der Waals surface area (Å²) in [4.78, 5) is 12.7. The van der Waals surface area contributed by atoms with E-state index in [1.54, 1.807) is 0 Å². The summed E-state index contributed by atoms with van der Waals surface area (Å²) in [5, 5.41) is 13.1. The molecule has 0 atom stereocenters. The van der Waals surface area contributed by atoms with Crippen molar-refractivity contribution in [2.45, 2.75) is 36.7 Å². The lowest BCUT2D eigenvalue weighted by molar-refractivity contribution is -0.118. The van der Waals surface area contributed by atoms with Crippen molar-refractivity contribution in [2.24, 2.45) is 5.92 Å². The number of nitrogens with one attached hydrogen (secondary N) is 1. The molecule has 1 fully saturated rings. The molecule has 3 nitrogen and oxygen atoms in total. The summed E-state index contributed by atoms with van der Waals surface area (Å²) in [7, 11) is 0. The predicted octanol–water partition coefficient (Wildman–Crippen LogP) is 3.10. The van der Waals surface area contributed by atoms with E-state index in [-0.39, 0.29) is 12.0 Å². The highest BCUT2D eigenvalue weighted by molar-refractivity contribution is 8.00. The number of halogens is 1. The van der Waals surface area contributed by atoms with Crippen LogP contribution in [0.15, 0.2) is 29.2 Å². The van der Waals surface area contributed by atoms with Crippen molar-refractivity contribution in [1.29, 1.82) is 0 Å². The van der Waals surface area contributed by atoms with Gasteiger partial charge in [0, 0.05) is 11.4 Å². The van der Waals surface area contributed by atoms with Crippen LogP contribution in [-0.2, 0) is 4.79 Å². The molecule has 20 heavy (non-hydrogen) atoms. The van der Waals surface area contributed by atoms with Gasteiger partial charge in [-0.1, -0.05) is 23.7 Å². The minimum Gasteiger partial charge on any atom is -0.393 e. The van der Waals surface area contributed by atoms with Crippen molar-refractivity contribution in [3.05, 3.63) is 29.3 Å². The van der Waals surface area contributed by atoms with Crippen LogP contribution in [0, 0.1) is 5.92 Å². The fourth-order valence-electron chi connectivity index (χ4n) is 2.36. The van der Waals surface area contributed by atoms with E-state index in [4.69, 9.17) is 11.6 Å². The molecular formula is C15H20ClNO2S. The van der Waals surface area contributed by atoms with Gasteiger partial charge in [0.25, 0.3) is 0 Å². The van der Waals surface area contributed by atoms with Crippen molar-refractivity contribution < 1.29 is 9.90 Å². The molecule has 0 aromatic heterocycles. The van der Waals surface area contributed by atoms with E-state index in [0.29, 0.717) is 23.2 Å². The lowest BCUT2D eigenvalue weighted by Crippen LogP contribution is -2.33. The molecule has 110 valence electrons. The van der Waals surface area contributed by atoms with Gasteiger partial charge in [-0.05, 0) is 43.7 Å². The highest BCUT2D eigenvalue weighted by Gasteiger charge is 2.19. The maximum Gasteiger partial charge on any atom is 0.230 e. The van der Waals surface area contributed by atoms with Gasteiger partial charge in [-0.2, -0.15) is 0 Å². The zero-order valence-electron chi connectivity index (χ0n) is 11.3. The average Bonchev–Trinajstić information content (AvgIpc) is 2.46. The second kappa shape index (κ2) is 7.91. The number of hydrogen-bond donors (Lipinski definition) is 2. The minimum absolute atomic E-state index is 0.0426. The summed E-state index contributed by atoms with van der Waals surface area (Å²) < 4.78 is 0. The Morgan fingerprint density at radius 3 is 2.70 bits per heavy atom. The molecule has 1 saturated carbocycles. The van der Waals surface area contributed by atoms with Crippen LogP contribution in [0.1, 0.15) is 25.7 Å². The van der Waals surface area contributed by atoms with E-state index < -0.39 is 0 Å². The molecule has 0 saturated heterocycles. The van der Waals surface area contributed by atoms with Crippen LogP contribution in [-0.4, -0.2) is 29.4 Å². The maximum absolute atomic E-state index is 11.8. The Morgan fingerprint density at radius 1 is 1.30 bits per heavy atom. The van der Waals surface area contributed by atoms with E-state index in [1.165, 1.54) is 11.8 Å². The highest BCUT2D eigenvalue weighted by Crippen LogP contribution is 2.26. The fraction of sp³-hybridized carbons (Fsp3) is 0.533. The van der Waals surface area contributed by atoms with Crippen molar-refractivity contribution in [3.63, 3.8) is 0 Å². The third-order valence-electron chi connectivity index (χ3n) is 3.60. The average molecular weight is 314 g/mol. The van der Waals surface area contributed by atoms with Gasteiger partial charge in [0.1, 0.15) is 0 Å². The molecular weight excluding hydrogens is 294 g/mol. The van der Waals surface area contributed by atoms with Gasteiger partial charge < -0.3 is 10.4 Å². The van der Waals surface area contributed by atoms with Crippen LogP contribution in [0.4, 0.5) is 0 Å². The quantitative estimate of drug-likeness (QED) is 0.821. The first kappa shape index (κ1) is 15.7. The van der Waals surface area contributed by atoms with Gasteiger partial charge in [0.05, 0.1) is 16.9 Å². The molecule has 1 aromatic carbocycles. The fourth-order valence-corrected chi connectivity index (χ4v) is 3.43. The molecule has 1 aliphatic rings. The number of hydrogen-bond acceptors (Lipinski definition) is 3. The van der Waals surface area contributed by atoms with Crippen molar-refractivity contribution in [1.82, 2.24) is 5.32 Å². The van der Waals surface area contributed by atoms with Crippen LogP contribution in [0.3, 0.4) is 0 Å². The molecule has 1 aliphatic carbocycles. The Kier molecular flexibility index (Phi) is 6.20. The summed E-state index contributed by atoms with van der Waals surface area (Å²) in [6, 6.07) is 7.54. The molecule has 0 aliphatic heterocycles. The molecule has 1 aromatic rings.